The molecule has 0 atom stereocenters. The largest absolute Gasteiger partial charge is 0.508 e. The number of rotatable bonds is 1. The molecular formula is C13H15NO3. The molecule has 17 heavy (non-hydrogen) atoms. The summed E-state index contributed by atoms with van der Waals surface area (Å²) in [4.78, 5) is 24.9. The van der Waals surface area contributed by atoms with E-state index in [1.54, 1.807) is 19.1 Å². The Hall–Kier alpha value is -1.84. The van der Waals surface area contributed by atoms with Crippen LogP contribution in [0.1, 0.15) is 25.3 Å². The molecule has 0 aromatic heterocycles. The second kappa shape index (κ2) is 4.20. The van der Waals surface area contributed by atoms with E-state index < -0.39 is 0 Å². The van der Waals surface area contributed by atoms with E-state index in [1.807, 2.05) is 6.92 Å². The number of aryl methyl sites for hydroxylation is 1. The lowest BCUT2D eigenvalue weighted by atomic mass is 9.97. The van der Waals surface area contributed by atoms with Crippen LogP contribution in [0.5, 0.6) is 5.75 Å². The SMILES string of the molecule is Cc1cc(N2C(=O)CC(C)CC2=O)ccc1O. The van der Waals surface area contributed by atoms with Crippen LogP contribution in [0, 0.1) is 12.8 Å². The van der Waals surface area contributed by atoms with E-state index in [2.05, 4.69) is 0 Å². The number of piperidine rings is 1. The molecule has 1 aliphatic heterocycles. The van der Waals surface area contributed by atoms with Gasteiger partial charge in [0.2, 0.25) is 11.8 Å². The number of anilines is 1. The quantitative estimate of drug-likeness (QED) is 0.755. The summed E-state index contributed by atoms with van der Waals surface area (Å²) in [7, 11) is 0. The molecule has 0 unspecified atom stereocenters. The topological polar surface area (TPSA) is 57.6 Å². The molecule has 1 saturated heterocycles. The van der Waals surface area contributed by atoms with Crippen molar-refractivity contribution in [1.29, 1.82) is 0 Å². The lowest BCUT2D eigenvalue weighted by Gasteiger charge is -2.28. The molecule has 1 aromatic rings. The third kappa shape index (κ3) is 2.16. The fourth-order valence-corrected chi connectivity index (χ4v) is 2.06. The van der Waals surface area contributed by atoms with Crippen molar-refractivity contribution in [2.75, 3.05) is 4.90 Å². The van der Waals surface area contributed by atoms with Crippen LogP contribution < -0.4 is 4.90 Å². The smallest absolute Gasteiger partial charge is 0.234 e. The molecule has 2 amide bonds. The summed E-state index contributed by atoms with van der Waals surface area (Å²) >= 11 is 0. The van der Waals surface area contributed by atoms with Crippen LogP contribution in [0.3, 0.4) is 0 Å². The molecule has 0 spiro atoms. The Balaban J connectivity index is 2.35. The second-order valence-corrected chi connectivity index (χ2v) is 4.61. The molecule has 1 N–H and O–H groups in total. The van der Waals surface area contributed by atoms with Crippen LogP contribution in [0.25, 0.3) is 0 Å². The van der Waals surface area contributed by atoms with Crippen molar-refractivity contribution in [2.24, 2.45) is 5.92 Å². The highest BCUT2D eigenvalue weighted by Crippen LogP contribution is 2.28. The number of nitrogens with zero attached hydrogens (tertiary/aromatic N) is 1. The predicted molar refractivity (Wildman–Crippen MR) is 63.7 cm³/mol. The van der Waals surface area contributed by atoms with Crippen molar-refractivity contribution < 1.29 is 14.7 Å². The lowest BCUT2D eigenvalue weighted by molar-refractivity contribution is -0.130. The van der Waals surface area contributed by atoms with Crippen LogP contribution in [-0.2, 0) is 9.59 Å². The molecule has 1 aliphatic rings. The van der Waals surface area contributed by atoms with Gasteiger partial charge in [0, 0.05) is 12.8 Å². The fraction of sp³-hybridized carbons (Fsp3) is 0.385. The van der Waals surface area contributed by atoms with E-state index >= 15 is 0 Å². The molecule has 0 bridgehead atoms. The maximum Gasteiger partial charge on any atom is 0.234 e. The van der Waals surface area contributed by atoms with Crippen molar-refractivity contribution in [3.63, 3.8) is 0 Å². The van der Waals surface area contributed by atoms with Crippen molar-refractivity contribution in [3.8, 4) is 5.75 Å². The van der Waals surface area contributed by atoms with Gasteiger partial charge in [-0.2, -0.15) is 0 Å². The summed E-state index contributed by atoms with van der Waals surface area (Å²) in [6, 6.07) is 4.75. The minimum Gasteiger partial charge on any atom is -0.508 e. The highest BCUT2D eigenvalue weighted by atomic mass is 16.3. The van der Waals surface area contributed by atoms with Gasteiger partial charge in [-0.3, -0.25) is 14.5 Å². The number of imide groups is 1. The van der Waals surface area contributed by atoms with E-state index in [-0.39, 0.29) is 23.5 Å². The maximum atomic E-state index is 11.9. The normalized spacial score (nSPS) is 17.6. The molecular weight excluding hydrogens is 218 g/mol. The summed E-state index contributed by atoms with van der Waals surface area (Å²) < 4.78 is 0. The third-order valence-corrected chi connectivity index (χ3v) is 2.98. The number of benzene rings is 1. The lowest BCUT2D eigenvalue weighted by Crippen LogP contribution is -2.42. The number of carbonyl (C=O) groups excluding carboxylic acids is 2. The van der Waals surface area contributed by atoms with Crippen molar-refractivity contribution >= 4 is 17.5 Å². The summed E-state index contributed by atoms with van der Waals surface area (Å²) in [5.41, 5.74) is 1.20. The van der Waals surface area contributed by atoms with Crippen LogP contribution >= 0.6 is 0 Å². The Morgan fingerprint density at radius 3 is 2.35 bits per heavy atom. The average molecular weight is 233 g/mol. The van der Waals surface area contributed by atoms with Crippen molar-refractivity contribution in [2.45, 2.75) is 26.7 Å². The van der Waals surface area contributed by atoms with Gasteiger partial charge in [0.05, 0.1) is 5.69 Å². The van der Waals surface area contributed by atoms with Crippen LogP contribution in [-0.4, -0.2) is 16.9 Å². The molecule has 0 radical (unpaired) electrons. The molecule has 4 nitrogen and oxygen atoms in total. The van der Waals surface area contributed by atoms with E-state index in [4.69, 9.17) is 0 Å². The first-order valence-corrected chi connectivity index (χ1v) is 5.64. The van der Waals surface area contributed by atoms with E-state index in [0.29, 0.717) is 24.1 Å². The number of phenolic OH excluding ortho intramolecular Hbond substituents is 1. The van der Waals surface area contributed by atoms with Crippen LogP contribution in [0.2, 0.25) is 0 Å². The molecule has 1 fully saturated rings. The predicted octanol–water partition coefficient (Wildman–Crippen LogP) is 1.99. The summed E-state index contributed by atoms with van der Waals surface area (Å²) in [6.07, 6.45) is 0.789. The first-order chi connectivity index (χ1) is 7.99. The fourth-order valence-electron chi connectivity index (χ4n) is 2.06. The molecule has 4 heteroatoms. The molecule has 0 saturated carbocycles. The zero-order valence-electron chi connectivity index (χ0n) is 9.93. The van der Waals surface area contributed by atoms with E-state index in [1.165, 1.54) is 11.0 Å². The standard InChI is InChI=1S/C13H15NO3/c1-8-5-12(16)14(13(17)6-8)10-3-4-11(15)9(2)7-10/h3-4,7-8,15H,5-6H2,1-2H3. The Morgan fingerprint density at radius 1 is 1.24 bits per heavy atom. The van der Waals surface area contributed by atoms with Gasteiger partial charge in [-0.05, 0) is 36.6 Å². The van der Waals surface area contributed by atoms with Gasteiger partial charge in [-0.25, -0.2) is 0 Å². The minimum absolute atomic E-state index is 0.115. The maximum absolute atomic E-state index is 11.9. The summed E-state index contributed by atoms with van der Waals surface area (Å²) in [5, 5.41) is 9.43. The molecule has 90 valence electrons. The zero-order chi connectivity index (χ0) is 12.6. The van der Waals surface area contributed by atoms with Crippen LogP contribution in [0.4, 0.5) is 5.69 Å². The van der Waals surface area contributed by atoms with Gasteiger partial charge < -0.3 is 5.11 Å². The number of amides is 2. The highest BCUT2D eigenvalue weighted by Gasteiger charge is 2.31. The van der Waals surface area contributed by atoms with Gasteiger partial charge in [0.15, 0.2) is 0 Å². The second-order valence-electron chi connectivity index (χ2n) is 4.61. The molecule has 0 aliphatic carbocycles. The van der Waals surface area contributed by atoms with Crippen molar-refractivity contribution in [1.82, 2.24) is 0 Å². The van der Waals surface area contributed by atoms with Gasteiger partial charge in [-0.15, -0.1) is 0 Å². The van der Waals surface area contributed by atoms with Gasteiger partial charge in [0.1, 0.15) is 5.75 Å². The minimum atomic E-state index is -0.168. The molecule has 1 heterocycles. The van der Waals surface area contributed by atoms with Crippen molar-refractivity contribution in [3.05, 3.63) is 23.8 Å². The molecule has 2 rings (SSSR count). The number of carbonyl (C=O) groups is 2. The van der Waals surface area contributed by atoms with Crippen LogP contribution in [0.15, 0.2) is 18.2 Å². The van der Waals surface area contributed by atoms with Gasteiger partial charge in [-0.1, -0.05) is 6.92 Å². The average Bonchev–Trinajstić information content (AvgIpc) is 2.21. The van der Waals surface area contributed by atoms with Gasteiger partial charge in [0.25, 0.3) is 0 Å². The number of hydrogen-bond donors (Lipinski definition) is 1. The monoisotopic (exact) mass is 233 g/mol. The Labute approximate surface area is 99.9 Å². The Kier molecular flexibility index (Phi) is 2.88. The number of phenols is 1. The van der Waals surface area contributed by atoms with E-state index in [0.717, 1.165) is 0 Å². The number of hydrogen-bond acceptors (Lipinski definition) is 3. The highest BCUT2D eigenvalue weighted by molar-refractivity contribution is 6.16. The Bertz CT molecular complexity index is 464. The summed E-state index contributed by atoms with van der Waals surface area (Å²) in [6.45, 7) is 3.63. The van der Waals surface area contributed by atoms with E-state index in [9.17, 15) is 14.7 Å². The zero-order valence-corrected chi connectivity index (χ0v) is 9.93. The van der Waals surface area contributed by atoms with Gasteiger partial charge >= 0.3 is 0 Å². The number of aromatic hydroxyl groups is 1. The first-order valence-electron chi connectivity index (χ1n) is 5.64. The third-order valence-electron chi connectivity index (χ3n) is 2.98. The molecule has 1 aromatic carbocycles. The Morgan fingerprint density at radius 2 is 1.82 bits per heavy atom. The summed E-state index contributed by atoms with van der Waals surface area (Å²) in [5.74, 6) is -0.0545. The first kappa shape index (κ1) is 11.6.